The van der Waals surface area contributed by atoms with Crippen molar-refractivity contribution in [1.29, 1.82) is 0 Å². The molecule has 2 N–H and O–H groups in total. The van der Waals surface area contributed by atoms with Gasteiger partial charge in [0.1, 0.15) is 5.76 Å². The van der Waals surface area contributed by atoms with Crippen LogP contribution >= 0.6 is 22.9 Å². The van der Waals surface area contributed by atoms with Crippen LogP contribution in [-0.2, 0) is 0 Å². The summed E-state index contributed by atoms with van der Waals surface area (Å²) in [5, 5.41) is 8.09. The zero-order chi connectivity index (χ0) is 21.1. The van der Waals surface area contributed by atoms with E-state index in [-0.39, 0.29) is 17.6 Å². The van der Waals surface area contributed by atoms with Crippen LogP contribution in [0.2, 0.25) is 5.02 Å². The number of rotatable bonds is 5. The van der Waals surface area contributed by atoms with Crippen molar-refractivity contribution >= 4 is 46.1 Å². The third-order valence-corrected chi connectivity index (χ3v) is 5.79. The van der Waals surface area contributed by atoms with Gasteiger partial charge in [0.25, 0.3) is 11.8 Å². The molecule has 7 heteroatoms. The molecule has 0 bridgehead atoms. The summed E-state index contributed by atoms with van der Waals surface area (Å²) in [6.07, 6.45) is 0. The fraction of sp³-hybridized carbons (Fsp3) is 0.0435. The van der Waals surface area contributed by atoms with Gasteiger partial charge < -0.3 is 15.1 Å². The molecule has 5 nitrogen and oxygen atoms in total. The van der Waals surface area contributed by atoms with E-state index in [2.05, 4.69) is 10.6 Å². The number of nitrogens with one attached hydrogen (secondary N) is 2. The topological polar surface area (TPSA) is 71.3 Å². The van der Waals surface area contributed by atoms with Crippen molar-refractivity contribution in [2.45, 2.75) is 6.92 Å². The van der Waals surface area contributed by atoms with E-state index in [1.54, 1.807) is 42.5 Å². The summed E-state index contributed by atoms with van der Waals surface area (Å²) in [4.78, 5) is 25.3. The zero-order valence-corrected chi connectivity index (χ0v) is 17.5. The van der Waals surface area contributed by atoms with Gasteiger partial charge in [-0.3, -0.25) is 9.59 Å². The number of furan rings is 1. The Morgan fingerprint density at radius 2 is 1.57 bits per heavy atom. The number of carbonyl (C=O) groups is 2. The number of benzene rings is 2. The SMILES string of the molecule is Cc1c(Cl)cccc1-c1ccc(C(=O)Nc2ccc(NC(=O)c3cccs3)cc2)o1. The molecule has 0 aliphatic heterocycles. The van der Waals surface area contributed by atoms with Gasteiger partial charge in [0.05, 0.1) is 4.88 Å². The molecule has 0 atom stereocenters. The molecular weight excluding hydrogens is 420 g/mol. The van der Waals surface area contributed by atoms with Crippen LogP contribution < -0.4 is 10.6 Å². The van der Waals surface area contributed by atoms with Crippen molar-refractivity contribution in [2.75, 3.05) is 10.6 Å². The van der Waals surface area contributed by atoms with E-state index in [1.165, 1.54) is 11.3 Å². The van der Waals surface area contributed by atoms with Crippen molar-refractivity contribution in [3.8, 4) is 11.3 Å². The normalized spacial score (nSPS) is 10.6. The van der Waals surface area contributed by atoms with Crippen LogP contribution in [0.4, 0.5) is 11.4 Å². The average molecular weight is 437 g/mol. The Labute approximate surface area is 182 Å². The van der Waals surface area contributed by atoms with Crippen LogP contribution in [0.15, 0.2) is 76.5 Å². The quantitative estimate of drug-likeness (QED) is 0.376. The number of carbonyl (C=O) groups excluding carboxylic acids is 2. The van der Waals surface area contributed by atoms with E-state index >= 15 is 0 Å². The van der Waals surface area contributed by atoms with Gasteiger partial charge in [-0.1, -0.05) is 29.8 Å². The maximum Gasteiger partial charge on any atom is 0.291 e. The summed E-state index contributed by atoms with van der Waals surface area (Å²) >= 11 is 7.54. The van der Waals surface area contributed by atoms with E-state index in [1.807, 2.05) is 36.6 Å². The van der Waals surface area contributed by atoms with Crippen LogP contribution in [0, 0.1) is 6.92 Å². The number of hydrogen-bond donors (Lipinski definition) is 2. The highest BCUT2D eigenvalue weighted by Gasteiger charge is 2.15. The third kappa shape index (κ3) is 4.30. The van der Waals surface area contributed by atoms with Gasteiger partial charge in [0, 0.05) is 22.0 Å². The average Bonchev–Trinajstić information content (AvgIpc) is 3.44. The van der Waals surface area contributed by atoms with Crippen LogP contribution in [0.5, 0.6) is 0 Å². The molecule has 0 unspecified atom stereocenters. The highest BCUT2D eigenvalue weighted by Crippen LogP contribution is 2.30. The Morgan fingerprint density at radius 3 is 2.23 bits per heavy atom. The van der Waals surface area contributed by atoms with Gasteiger partial charge >= 0.3 is 0 Å². The first-order valence-electron chi connectivity index (χ1n) is 9.13. The Morgan fingerprint density at radius 1 is 0.867 bits per heavy atom. The number of halogens is 1. The van der Waals surface area contributed by atoms with Crippen molar-refractivity contribution < 1.29 is 14.0 Å². The lowest BCUT2D eigenvalue weighted by atomic mass is 10.1. The summed E-state index contributed by atoms with van der Waals surface area (Å²) in [6, 6.07) is 19.4. The van der Waals surface area contributed by atoms with E-state index in [0.29, 0.717) is 27.0 Å². The summed E-state index contributed by atoms with van der Waals surface area (Å²) in [6.45, 7) is 1.90. The Kier molecular flexibility index (Phi) is 5.70. The van der Waals surface area contributed by atoms with Gasteiger partial charge in [0.15, 0.2) is 5.76 Å². The van der Waals surface area contributed by atoms with Crippen LogP contribution in [0.1, 0.15) is 25.8 Å². The Hall–Kier alpha value is -3.35. The minimum absolute atomic E-state index is 0.166. The minimum Gasteiger partial charge on any atom is -0.451 e. The van der Waals surface area contributed by atoms with Gasteiger partial charge in [-0.2, -0.15) is 0 Å². The van der Waals surface area contributed by atoms with Crippen molar-refractivity contribution in [3.05, 3.63) is 93.3 Å². The molecule has 2 heterocycles. The number of thiophene rings is 1. The fourth-order valence-corrected chi connectivity index (χ4v) is 3.70. The number of anilines is 2. The summed E-state index contributed by atoms with van der Waals surface area (Å²) in [5.41, 5.74) is 2.96. The van der Waals surface area contributed by atoms with Gasteiger partial charge in [-0.25, -0.2) is 0 Å². The fourth-order valence-electron chi connectivity index (χ4n) is 2.91. The second kappa shape index (κ2) is 8.57. The van der Waals surface area contributed by atoms with Gasteiger partial charge in [-0.15, -0.1) is 11.3 Å². The second-order valence-electron chi connectivity index (χ2n) is 6.54. The Balaban J connectivity index is 1.42. The molecule has 0 fully saturated rings. The molecule has 0 saturated carbocycles. The smallest absolute Gasteiger partial charge is 0.291 e. The lowest BCUT2D eigenvalue weighted by Crippen LogP contribution is -2.12. The number of hydrogen-bond acceptors (Lipinski definition) is 4. The van der Waals surface area contributed by atoms with Crippen LogP contribution in [0.3, 0.4) is 0 Å². The molecule has 0 aliphatic rings. The van der Waals surface area contributed by atoms with Crippen LogP contribution in [-0.4, -0.2) is 11.8 Å². The molecule has 0 aliphatic carbocycles. The lowest BCUT2D eigenvalue weighted by Gasteiger charge is -2.07. The summed E-state index contributed by atoms with van der Waals surface area (Å²) in [5.74, 6) is 0.240. The standard InChI is InChI=1S/C23H17ClN2O3S/c1-14-17(4-2-5-18(14)24)19-11-12-20(29-19)22(27)25-15-7-9-16(10-8-15)26-23(28)21-6-3-13-30-21/h2-13H,1H3,(H,25,27)(H,26,28). The molecule has 0 saturated heterocycles. The monoisotopic (exact) mass is 436 g/mol. The summed E-state index contributed by atoms with van der Waals surface area (Å²) < 4.78 is 5.73. The van der Waals surface area contributed by atoms with E-state index < -0.39 is 0 Å². The molecule has 150 valence electrons. The van der Waals surface area contributed by atoms with Crippen molar-refractivity contribution in [2.24, 2.45) is 0 Å². The highest BCUT2D eigenvalue weighted by atomic mass is 35.5. The highest BCUT2D eigenvalue weighted by molar-refractivity contribution is 7.12. The first kappa shape index (κ1) is 19.9. The molecule has 2 aromatic heterocycles. The third-order valence-electron chi connectivity index (χ3n) is 4.51. The molecule has 30 heavy (non-hydrogen) atoms. The molecule has 2 amide bonds. The van der Waals surface area contributed by atoms with Crippen LogP contribution in [0.25, 0.3) is 11.3 Å². The molecule has 2 aromatic carbocycles. The van der Waals surface area contributed by atoms with E-state index in [4.69, 9.17) is 16.0 Å². The molecular formula is C23H17ClN2O3S. The van der Waals surface area contributed by atoms with E-state index in [0.717, 1.165) is 11.1 Å². The van der Waals surface area contributed by atoms with Crippen molar-refractivity contribution in [3.63, 3.8) is 0 Å². The number of amides is 2. The molecule has 4 aromatic rings. The first-order valence-corrected chi connectivity index (χ1v) is 10.4. The van der Waals surface area contributed by atoms with Crippen molar-refractivity contribution in [1.82, 2.24) is 0 Å². The minimum atomic E-state index is -0.365. The lowest BCUT2D eigenvalue weighted by molar-refractivity contribution is 0.0995. The molecule has 0 radical (unpaired) electrons. The Bertz CT molecular complexity index is 1200. The maximum absolute atomic E-state index is 12.5. The molecule has 4 rings (SSSR count). The second-order valence-corrected chi connectivity index (χ2v) is 7.89. The maximum atomic E-state index is 12.5. The van der Waals surface area contributed by atoms with Gasteiger partial charge in [0.2, 0.25) is 0 Å². The predicted molar refractivity (Wildman–Crippen MR) is 121 cm³/mol. The van der Waals surface area contributed by atoms with E-state index in [9.17, 15) is 9.59 Å². The first-order chi connectivity index (χ1) is 14.5. The molecule has 0 spiro atoms. The predicted octanol–water partition coefficient (Wildman–Crippen LogP) is 6.47. The zero-order valence-electron chi connectivity index (χ0n) is 15.9. The summed E-state index contributed by atoms with van der Waals surface area (Å²) in [7, 11) is 0. The van der Waals surface area contributed by atoms with Gasteiger partial charge in [-0.05, 0) is 66.4 Å². The largest absolute Gasteiger partial charge is 0.451 e.